The molecule has 0 bridgehead atoms. The highest BCUT2D eigenvalue weighted by molar-refractivity contribution is 7.89. The molecule has 2 rings (SSSR count). The minimum Gasteiger partial charge on any atom is -0.458 e. The van der Waals surface area contributed by atoms with E-state index in [0.29, 0.717) is 6.42 Å². The fourth-order valence-electron chi connectivity index (χ4n) is 3.22. The number of nitrogens with one attached hydrogen (secondary N) is 1. The van der Waals surface area contributed by atoms with E-state index in [1.54, 1.807) is 13.8 Å². The van der Waals surface area contributed by atoms with E-state index in [-0.39, 0.29) is 6.54 Å². The molecule has 28 heavy (non-hydrogen) atoms. The van der Waals surface area contributed by atoms with Crippen molar-refractivity contribution in [2.45, 2.75) is 84.0 Å². The second kappa shape index (κ2) is 9.04. The topological polar surface area (TPSA) is 126 Å². The van der Waals surface area contributed by atoms with E-state index in [2.05, 4.69) is 4.72 Å². The normalized spacial score (nSPS) is 29.9. The molecule has 0 spiro atoms. The third kappa shape index (κ3) is 6.11. The summed E-state index contributed by atoms with van der Waals surface area (Å²) in [5, 5.41) is 0. The van der Waals surface area contributed by atoms with Crippen LogP contribution in [0.1, 0.15) is 47.5 Å². The molecular formula is C17H29NO9S. The molecule has 0 aromatic heterocycles. The first-order valence-electron chi connectivity index (χ1n) is 9.27. The molecule has 5 atom stereocenters. The van der Waals surface area contributed by atoms with E-state index < -0.39 is 64.2 Å². The Balaban J connectivity index is 2.21. The Bertz CT molecular complexity index is 678. The lowest BCUT2D eigenvalue weighted by Gasteiger charge is -2.30. The van der Waals surface area contributed by atoms with Crippen LogP contribution in [0.3, 0.4) is 0 Å². The van der Waals surface area contributed by atoms with Gasteiger partial charge in [0.1, 0.15) is 18.0 Å². The van der Waals surface area contributed by atoms with Gasteiger partial charge in [-0.25, -0.2) is 13.1 Å². The van der Waals surface area contributed by atoms with Gasteiger partial charge >= 0.3 is 11.9 Å². The Labute approximate surface area is 165 Å². The van der Waals surface area contributed by atoms with Gasteiger partial charge in [0.05, 0.1) is 0 Å². The Morgan fingerprint density at radius 2 is 1.86 bits per heavy atom. The maximum absolute atomic E-state index is 12.4. The van der Waals surface area contributed by atoms with Gasteiger partial charge in [-0.05, 0) is 20.3 Å². The van der Waals surface area contributed by atoms with Crippen LogP contribution in [0.15, 0.2) is 0 Å². The van der Waals surface area contributed by atoms with Crippen LogP contribution in [0.5, 0.6) is 0 Å². The number of carbonyl (C=O) groups is 2. The van der Waals surface area contributed by atoms with Crippen molar-refractivity contribution in [3.8, 4) is 0 Å². The van der Waals surface area contributed by atoms with Crippen LogP contribution in [0.2, 0.25) is 0 Å². The van der Waals surface area contributed by atoms with Crippen LogP contribution in [0, 0.1) is 0 Å². The van der Waals surface area contributed by atoms with E-state index in [1.165, 1.54) is 6.92 Å². The molecule has 0 radical (unpaired) electrons. The lowest BCUT2D eigenvalue weighted by molar-refractivity contribution is -0.230. The summed E-state index contributed by atoms with van der Waals surface area (Å²) in [5.41, 5.74) is 0. The number of ether oxygens (including phenoxy) is 5. The predicted molar refractivity (Wildman–Crippen MR) is 96.5 cm³/mol. The molecule has 2 fully saturated rings. The van der Waals surface area contributed by atoms with Crippen molar-refractivity contribution in [1.82, 2.24) is 4.72 Å². The van der Waals surface area contributed by atoms with Gasteiger partial charge in [0.15, 0.2) is 24.3 Å². The summed E-state index contributed by atoms with van der Waals surface area (Å²) in [4.78, 5) is 23.2. The van der Waals surface area contributed by atoms with Crippen LogP contribution in [-0.4, -0.2) is 69.1 Å². The van der Waals surface area contributed by atoms with E-state index in [0.717, 1.165) is 13.3 Å². The second-order valence-corrected chi connectivity index (χ2v) is 9.17. The van der Waals surface area contributed by atoms with Gasteiger partial charge in [0, 0.05) is 20.4 Å². The highest BCUT2D eigenvalue weighted by atomic mass is 32.2. The zero-order chi connectivity index (χ0) is 21.1. The molecule has 0 aromatic carbocycles. The fourth-order valence-corrected chi connectivity index (χ4v) is 4.48. The Kier molecular flexibility index (Phi) is 7.43. The molecule has 0 aliphatic carbocycles. The highest BCUT2D eigenvalue weighted by Gasteiger charge is 2.59. The van der Waals surface area contributed by atoms with Crippen molar-refractivity contribution < 1.29 is 41.7 Å². The van der Waals surface area contributed by atoms with Gasteiger partial charge in [-0.2, -0.15) is 0 Å². The predicted octanol–water partition coefficient (Wildman–Crippen LogP) is 0.446. The lowest BCUT2D eigenvalue weighted by atomic mass is 10.1. The molecule has 162 valence electrons. The van der Waals surface area contributed by atoms with Crippen molar-refractivity contribution in [2.24, 2.45) is 0 Å². The number of sulfonamides is 1. The monoisotopic (exact) mass is 423 g/mol. The number of unbranched alkanes of at least 4 members (excludes halogenated alkanes) is 1. The van der Waals surface area contributed by atoms with E-state index >= 15 is 0 Å². The minimum absolute atomic E-state index is 0.274. The molecule has 11 heteroatoms. The summed E-state index contributed by atoms with van der Waals surface area (Å²) in [5.74, 6) is -2.78. The number of hydrogen-bond acceptors (Lipinski definition) is 9. The summed E-state index contributed by atoms with van der Waals surface area (Å²) in [6, 6.07) is 0. The van der Waals surface area contributed by atoms with Crippen LogP contribution >= 0.6 is 0 Å². The molecule has 0 saturated carbocycles. The number of carbonyl (C=O) groups excluding carboxylic acids is 2. The molecule has 0 unspecified atom stereocenters. The number of esters is 2. The van der Waals surface area contributed by atoms with E-state index in [9.17, 15) is 18.0 Å². The molecule has 0 amide bonds. The number of rotatable bonds is 9. The molecule has 2 aliphatic heterocycles. The number of fused-ring (bicyclic) bond motifs is 1. The van der Waals surface area contributed by atoms with Crippen LogP contribution in [-0.2, 0) is 43.3 Å². The lowest BCUT2D eigenvalue weighted by Crippen LogP contribution is -2.48. The van der Waals surface area contributed by atoms with Gasteiger partial charge < -0.3 is 23.7 Å². The molecule has 2 aliphatic rings. The quantitative estimate of drug-likeness (QED) is 0.415. The average Bonchev–Trinajstić information content (AvgIpc) is 2.99. The van der Waals surface area contributed by atoms with Crippen molar-refractivity contribution in [3.63, 3.8) is 0 Å². The standard InChI is InChI=1S/C17H29NO9S/c1-6-7-8-18-28(21,22)9-12(23-10(2)19)13-14(24-11(3)20)15-16(25-13)27-17(4,5)26-15/h12-16,18H,6-9H2,1-5H3/t12-,13-,14+,15-,16-/m1/s1. The van der Waals surface area contributed by atoms with Gasteiger partial charge in [-0.1, -0.05) is 13.3 Å². The van der Waals surface area contributed by atoms with Gasteiger partial charge in [-0.15, -0.1) is 0 Å². The highest BCUT2D eigenvalue weighted by Crippen LogP contribution is 2.40. The molecule has 1 N–H and O–H groups in total. The maximum Gasteiger partial charge on any atom is 0.303 e. The first-order valence-corrected chi connectivity index (χ1v) is 10.9. The zero-order valence-electron chi connectivity index (χ0n) is 16.8. The fraction of sp³-hybridized carbons (Fsp3) is 0.882. The molecule has 2 saturated heterocycles. The van der Waals surface area contributed by atoms with Crippen molar-refractivity contribution >= 4 is 22.0 Å². The third-order valence-electron chi connectivity index (χ3n) is 4.25. The van der Waals surface area contributed by atoms with Gasteiger partial charge in [-0.3, -0.25) is 9.59 Å². The van der Waals surface area contributed by atoms with Crippen molar-refractivity contribution in [1.29, 1.82) is 0 Å². The zero-order valence-corrected chi connectivity index (χ0v) is 17.6. The van der Waals surface area contributed by atoms with Crippen LogP contribution in [0.25, 0.3) is 0 Å². The third-order valence-corrected chi connectivity index (χ3v) is 5.66. The largest absolute Gasteiger partial charge is 0.458 e. The summed E-state index contributed by atoms with van der Waals surface area (Å²) in [7, 11) is -3.76. The average molecular weight is 423 g/mol. The van der Waals surface area contributed by atoms with Crippen LogP contribution in [0.4, 0.5) is 0 Å². The smallest absolute Gasteiger partial charge is 0.303 e. The Morgan fingerprint density at radius 1 is 1.18 bits per heavy atom. The minimum atomic E-state index is -3.76. The summed E-state index contributed by atoms with van der Waals surface area (Å²) < 4.78 is 55.0. The second-order valence-electron chi connectivity index (χ2n) is 7.32. The maximum atomic E-state index is 12.4. The van der Waals surface area contributed by atoms with Crippen LogP contribution < -0.4 is 4.72 Å². The summed E-state index contributed by atoms with van der Waals surface area (Å²) in [6.45, 7) is 7.95. The van der Waals surface area contributed by atoms with Crippen molar-refractivity contribution in [3.05, 3.63) is 0 Å². The Morgan fingerprint density at radius 3 is 2.43 bits per heavy atom. The summed E-state index contributed by atoms with van der Waals surface area (Å²) >= 11 is 0. The molecule has 10 nitrogen and oxygen atoms in total. The van der Waals surface area contributed by atoms with Gasteiger partial charge in [0.25, 0.3) is 0 Å². The first kappa shape index (κ1) is 23.0. The van der Waals surface area contributed by atoms with Gasteiger partial charge in [0.2, 0.25) is 10.0 Å². The SMILES string of the molecule is CCCCNS(=O)(=O)C[C@@H](OC(C)=O)[C@H]1O[C@@H]2OC(C)(C)O[C@@H]2[C@H]1OC(C)=O. The molecule has 2 heterocycles. The van der Waals surface area contributed by atoms with E-state index in [1.807, 2.05) is 6.92 Å². The van der Waals surface area contributed by atoms with Crippen molar-refractivity contribution in [2.75, 3.05) is 12.3 Å². The van der Waals surface area contributed by atoms with E-state index in [4.69, 9.17) is 23.7 Å². The number of hydrogen-bond donors (Lipinski definition) is 1. The first-order chi connectivity index (χ1) is 12.9. The Hall–Kier alpha value is -1.27. The molecule has 0 aromatic rings. The molecular weight excluding hydrogens is 394 g/mol. The summed E-state index contributed by atoms with van der Waals surface area (Å²) in [6.07, 6.45) is -3.39.